The van der Waals surface area contributed by atoms with Crippen LogP contribution in [0.4, 0.5) is 5.69 Å². The quantitative estimate of drug-likeness (QED) is 0.497. The summed E-state index contributed by atoms with van der Waals surface area (Å²) >= 11 is 0. The molecular formula is C22H23N3O5S. The van der Waals surface area contributed by atoms with Gasteiger partial charge in [-0.2, -0.15) is 0 Å². The highest BCUT2D eigenvalue weighted by atomic mass is 32.2. The van der Waals surface area contributed by atoms with Gasteiger partial charge in [-0.1, -0.05) is 23.8 Å². The lowest BCUT2D eigenvalue weighted by Gasteiger charge is -2.12. The Balaban J connectivity index is 1.65. The second kappa shape index (κ2) is 9.48. The number of carbonyl (C=O) groups excluding carboxylic acids is 2. The van der Waals surface area contributed by atoms with E-state index in [4.69, 9.17) is 4.42 Å². The van der Waals surface area contributed by atoms with Crippen molar-refractivity contribution in [2.24, 2.45) is 0 Å². The van der Waals surface area contributed by atoms with Crippen molar-refractivity contribution in [1.82, 2.24) is 10.6 Å². The molecule has 0 radical (unpaired) electrons. The largest absolute Gasteiger partial charge is 0.467 e. The minimum absolute atomic E-state index is 0.0499. The molecular weight excluding hydrogens is 418 g/mol. The van der Waals surface area contributed by atoms with Crippen LogP contribution in [-0.2, 0) is 21.4 Å². The molecule has 3 N–H and O–H groups in total. The molecule has 1 aromatic heterocycles. The van der Waals surface area contributed by atoms with Crippen LogP contribution in [0.5, 0.6) is 0 Å². The van der Waals surface area contributed by atoms with Crippen LogP contribution in [-0.4, -0.2) is 26.8 Å². The number of aryl methyl sites for hydroxylation is 2. The van der Waals surface area contributed by atoms with E-state index >= 15 is 0 Å². The van der Waals surface area contributed by atoms with Crippen LogP contribution in [0.2, 0.25) is 0 Å². The van der Waals surface area contributed by atoms with Crippen LogP contribution in [0.1, 0.15) is 27.2 Å². The SMILES string of the molecule is Cc1ccc(NS(=O)(=O)c2ccc(C)c(C(=O)NCC(=O)NCc3ccco3)c2)cc1. The standard InChI is InChI=1S/C22H23N3O5S/c1-15-5-8-17(9-6-15)25-31(28,29)19-10-7-16(2)20(12-19)22(27)24-14-21(26)23-13-18-4-3-11-30-18/h3-12,25H,13-14H2,1-2H3,(H,23,26)(H,24,27). The Morgan fingerprint density at radius 2 is 1.71 bits per heavy atom. The van der Waals surface area contributed by atoms with E-state index in [1.165, 1.54) is 18.4 Å². The molecule has 0 aliphatic rings. The van der Waals surface area contributed by atoms with Gasteiger partial charge in [0, 0.05) is 11.3 Å². The van der Waals surface area contributed by atoms with Crippen molar-refractivity contribution in [2.45, 2.75) is 25.3 Å². The van der Waals surface area contributed by atoms with E-state index in [0.717, 1.165) is 5.56 Å². The number of benzene rings is 2. The molecule has 0 saturated carbocycles. The summed E-state index contributed by atoms with van der Waals surface area (Å²) in [5, 5.41) is 5.13. The molecule has 2 amide bonds. The van der Waals surface area contributed by atoms with Gasteiger partial charge in [0.2, 0.25) is 5.91 Å². The Morgan fingerprint density at radius 1 is 0.968 bits per heavy atom. The molecule has 0 unspecified atom stereocenters. The molecule has 31 heavy (non-hydrogen) atoms. The van der Waals surface area contributed by atoms with Gasteiger partial charge in [-0.15, -0.1) is 0 Å². The normalized spacial score (nSPS) is 11.0. The van der Waals surface area contributed by atoms with Crippen molar-refractivity contribution < 1.29 is 22.4 Å². The maximum atomic E-state index is 12.7. The summed E-state index contributed by atoms with van der Waals surface area (Å²) in [5.41, 5.74) is 2.18. The molecule has 162 valence electrons. The molecule has 0 atom stereocenters. The Morgan fingerprint density at radius 3 is 2.39 bits per heavy atom. The van der Waals surface area contributed by atoms with Crippen LogP contribution >= 0.6 is 0 Å². The third-order valence-electron chi connectivity index (χ3n) is 4.52. The number of rotatable bonds is 8. The fourth-order valence-electron chi connectivity index (χ4n) is 2.77. The third-order valence-corrected chi connectivity index (χ3v) is 5.90. The van der Waals surface area contributed by atoms with E-state index in [-0.39, 0.29) is 23.5 Å². The maximum absolute atomic E-state index is 12.7. The number of furan rings is 1. The van der Waals surface area contributed by atoms with Crippen molar-refractivity contribution in [2.75, 3.05) is 11.3 Å². The number of sulfonamides is 1. The summed E-state index contributed by atoms with van der Waals surface area (Å²) in [5.74, 6) is -0.347. The van der Waals surface area contributed by atoms with E-state index in [1.807, 2.05) is 6.92 Å². The van der Waals surface area contributed by atoms with Gasteiger partial charge in [0.25, 0.3) is 15.9 Å². The summed E-state index contributed by atoms with van der Waals surface area (Å²) in [7, 11) is -3.88. The van der Waals surface area contributed by atoms with Crippen LogP contribution in [0.3, 0.4) is 0 Å². The summed E-state index contributed by atoms with van der Waals surface area (Å²) in [4.78, 5) is 24.4. The molecule has 1 heterocycles. The van der Waals surface area contributed by atoms with Crippen LogP contribution in [0.25, 0.3) is 0 Å². The van der Waals surface area contributed by atoms with Gasteiger partial charge in [-0.3, -0.25) is 14.3 Å². The van der Waals surface area contributed by atoms with E-state index in [1.54, 1.807) is 49.4 Å². The number of hydrogen-bond acceptors (Lipinski definition) is 5. The summed E-state index contributed by atoms with van der Waals surface area (Å²) < 4.78 is 33.1. The van der Waals surface area contributed by atoms with Gasteiger partial charge < -0.3 is 15.1 Å². The lowest BCUT2D eigenvalue weighted by Crippen LogP contribution is -2.36. The van der Waals surface area contributed by atoms with Crippen molar-refractivity contribution in [3.05, 3.63) is 83.3 Å². The van der Waals surface area contributed by atoms with Crippen molar-refractivity contribution >= 4 is 27.5 Å². The fraction of sp³-hybridized carbons (Fsp3) is 0.182. The van der Waals surface area contributed by atoms with Crippen molar-refractivity contribution in [1.29, 1.82) is 0 Å². The zero-order valence-electron chi connectivity index (χ0n) is 17.1. The number of carbonyl (C=O) groups is 2. The minimum atomic E-state index is -3.88. The Bertz CT molecular complexity index is 1170. The highest BCUT2D eigenvalue weighted by Crippen LogP contribution is 2.19. The molecule has 2 aromatic carbocycles. The van der Waals surface area contributed by atoms with Crippen LogP contribution in [0.15, 0.2) is 70.2 Å². The number of hydrogen-bond donors (Lipinski definition) is 3. The molecule has 3 aromatic rings. The first-order valence-corrected chi connectivity index (χ1v) is 11.0. The van der Waals surface area contributed by atoms with Gasteiger partial charge >= 0.3 is 0 Å². The molecule has 9 heteroatoms. The monoisotopic (exact) mass is 441 g/mol. The molecule has 0 aliphatic heterocycles. The highest BCUT2D eigenvalue weighted by Gasteiger charge is 2.19. The lowest BCUT2D eigenvalue weighted by atomic mass is 10.1. The highest BCUT2D eigenvalue weighted by molar-refractivity contribution is 7.92. The van der Waals surface area contributed by atoms with E-state index in [9.17, 15) is 18.0 Å². The van der Waals surface area contributed by atoms with Gasteiger partial charge in [-0.25, -0.2) is 8.42 Å². The van der Waals surface area contributed by atoms with E-state index < -0.39 is 21.8 Å². The van der Waals surface area contributed by atoms with Crippen molar-refractivity contribution in [3.63, 3.8) is 0 Å². The number of amides is 2. The lowest BCUT2D eigenvalue weighted by molar-refractivity contribution is -0.120. The van der Waals surface area contributed by atoms with Crippen LogP contribution in [0, 0.1) is 13.8 Å². The smallest absolute Gasteiger partial charge is 0.261 e. The number of anilines is 1. The molecule has 0 fully saturated rings. The van der Waals surface area contributed by atoms with Crippen molar-refractivity contribution in [3.8, 4) is 0 Å². The second-order valence-electron chi connectivity index (χ2n) is 6.99. The minimum Gasteiger partial charge on any atom is -0.467 e. The first-order chi connectivity index (χ1) is 14.7. The fourth-order valence-corrected chi connectivity index (χ4v) is 3.85. The average Bonchev–Trinajstić information content (AvgIpc) is 3.26. The Kier molecular flexibility index (Phi) is 6.76. The molecule has 0 bridgehead atoms. The predicted octanol–water partition coefficient (Wildman–Crippen LogP) is 2.74. The van der Waals surface area contributed by atoms with E-state index in [0.29, 0.717) is 17.0 Å². The average molecular weight is 442 g/mol. The topological polar surface area (TPSA) is 118 Å². The Hall–Kier alpha value is -3.59. The van der Waals surface area contributed by atoms with Crippen LogP contribution < -0.4 is 15.4 Å². The van der Waals surface area contributed by atoms with E-state index in [2.05, 4.69) is 15.4 Å². The van der Waals surface area contributed by atoms with Gasteiger partial charge in [0.1, 0.15) is 5.76 Å². The first kappa shape index (κ1) is 22.1. The summed E-state index contributed by atoms with van der Waals surface area (Å²) in [6.07, 6.45) is 1.50. The zero-order chi connectivity index (χ0) is 22.4. The summed E-state index contributed by atoms with van der Waals surface area (Å²) in [6.45, 7) is 3.55. The molecule has 8 nitrogen and oxygen atoms in total. The second-order valence-corrected chi connectivity index (χ2v) is 8.67. The van der Waals surface area contributed by atoms with Gasteiger partial charge in [0.15, 0.2) is 0 Å². The molecule has 0 aliphatic carbocycles. The third kappa shape index (κ3) is 5.95. The first-order valence-electron chi connectivity index (χ1n) is 9.52. The van der Waals surface area contributed by atoms with Gasteiger partial charge in [-0.05, 0) is 55.8 Å². The molecule has 3 rings (SSSR count). The van der Waals surface area contributed by atoms with Gasteiger partial charge in [0.05, 0.1) is 24.2 Å². The summed E-state index contributed by atoms with van der Waals surface area (Å²) in [6, 6.07) is 14.6. The number of nitrogens with one attached hydrogen (secondary N) is 3. The maximum Gasteiger partial charge on any atom is 0.261 e. The molecule has 0 spiro atoms. The zero-order valence-corrected chi connectivity index (χ0v) is 18.0. The molecule has 0 saturated heterocycles. The predicted molar refractivity (Wildman–Crippen MR) is 116 cm³/mol. The Labute approximate surface area is 180 Å².